The second-order valence-electron chi connectivity index (χ2n) is 16.8. The molecule has 1 fully saturated rings. The predicted octanol–water partition coefficient (Wildman–Crippen LogP) is 4.34. The number of ether oxygens (including phenoxy) is 1. The summed E-state index contributed by atoms with van der Waals surface area (Å²) in [6.07, 6.45) is 20.1. The molecule has 8 atom stereocenters. The average Bonchev–Trinajstić information content (AvgIpc) is 3.86. The summed E-state index contributed by atoms with van der Waals surface area (Å²) in [5.41, 5.74) is 4.24. The van der Waals surface area contributed by atoms with E-state index in [2.05, 4.69) is 102 Å². The smallest absolute Gasteiger partial charge is 0.393 e. The Balaban J connectivity index is 1.29. The van der Waals surface area contributed by atoms with Gasteiger partial charge < -0.3 is 56.0 Å². The minimum atomic E-state index is -5.59. The van der Waals surface area contributed by atoms with Crippen LogP contribution in [0.25, 0.3) is 11.2 Å². The number of nitrogens with zero attached hydrogens (tertiary/aromatic N) is 4. The number of phosphoric ester groups is 3. The Morgan fingerprint density at radius 2 is 1.50 bits per heavy atom. The molecule has 11 N–H and O–H groups in total. The number of fused-ring (bicyclic) bond motifs is 1. The molecule has 1 aliphatic rings. The fraction of sp³-hybridized carbons (Fsp3) is 0.581. The number of nitrogen functional groups attached to an aromatic ring is 1. The molecule has 1 aliphatic heterocycles. The molecule has 0 aromatic carbocycles. The number of phosphoric acid groups is 3. The third-order valence-electron chi connectivity index (χ3n) is 10.2. The van der Waals surface area contributed by atoms with Crippen molar-refractivity contribution in [2.24, 2.45) is 5.41 Å². The highest BCUT2D eigenvalue weighted by Crippen LogP contribution is 2.61. The fourth-order valence-electron chi connectivity index (χ4n) is 6.49. The van der Waals surface area contributed by atoms with Crippen LogP contribution >= 0.6 is 35.2 Å². The van der Waals surface area contributed by atoms with Crippen molar-refractivity contribution >= 4 is 69.1 Å². The zero-order valence-electron chi connectivity index (χ0n) is 40.2. The third-order valence-corrected chi connectivity index (χ3v) is 14.2. The monoisotopic (exact) mass is 1100 g/mol. The van der Waals surface area contributed by atoms with Gasteiger partial charge in [0, 0.05) is 37.1 Å². The molecule has 2 aromatic rings. The van der Waals surface area contributed by atoms with Crippen LogP contribution in [0.1, 0.15) is 91.2 Å². The minimum absolute atomic E-state index is 0.0217. The van der Waals surface area contributed by atoms with E-state index < -0.39 is 90.7 Å². The van der Waals surface area contributed by atoms with Gasteiger partial charge >= 0.3 is 23.5 Å². The van der Waals surface area contributed by atoms with Crippen molar-refractivity contribution in [3.05, 3.63) is 73.4 Å². The summed E-state index contributed by atoms with van der Waals surface area (Å²) >= 11 is 0.972. The van der Waals surface area contributed by atoms with Crippen molar-refractivity contribution in [3.8, 4) is 0 Å². The first-order valence-electron chi connectivity index (χ1n) is 22.9. The summed E-state index contributed by atoms with van der Waals surface area (Å²) in [4.78, 5) is 88.5. The number of aliphatic hydroxyl groups excluding tert-OH is 3. The number of carbonyl (C=O) groups excluding carboxylic acids is 3. The standard InChI is InChI=1S/C43H68N7O18P3S/c1-4-5-6-7-8-9-10-11-12-13-14-15-16-17-18-19-20-21-31(51)26-34(53)72-25-24-45-33(52)22-23-46-41(56)38(55)43(2,3)28-65-71(62,63)68-70(60,61)64-27-32-37(67-69(57,58)59)36(54)42(66-32)50-30-49-35-39(44)47-29-48-40(35)50/h5-6,8-9,11-12,14-15,17-18,29-32,36-38,42,51,54-55H,4,7,10,13,16,19-28H2,1-3H3,(H,45,52)(H,46,56)(H,60,61)(H,62,63)(H2,44,47,48)(H2,57,58,59)/b6-5-,9-8-,12-11-,15-14-,18-17-/t31-,32+,36+,37+,38-,42+/m0/s1. The van der Waals surface area contributed by atoms with Crippen molar-refractivity contribution in [1.29, 1.82) is 0 Å². The molecule has 0 radical (unpaired) electrons. The molecule has 0 spiro atoms. The van der Waals surface area contributed by atoms with Crippen molar-refractivity contribution in [3.63, 3.8) is 0 Å². The van der Waals surface area contributed by atoms with Gasteiger partial charge in [0.05, 0.1) is 25.6 Å². The van der Waals surface area contributed by atoms with Crippen LogP contribution in [-0.2, 0) is 50.7 Å². The van der Waals surface area contributed by atoms with Gasteiger partial charge in [0.25, 0.3) is 0 Å². The van der Waals surface area contributed by atoms with Gasteiger partial charge in [-0.25, -0.2) is 28.6 Å². The zero-order valence-corrected chi connectivity index (χ0v) is 43.7. The fourth-order valence-corrected chi connectivity index (χ4v) is 10.1. The van der Waals surface area contributed by atoms with Gasteiger partial charge in [0.15, 0.2) is 22.8 Å². The van der Waals surface area contributed by atoms with Gasteiger partial charge in [-0.3, -0.25) is 32.5 Å². The largest absolute Gasteiger partial charge is 0.481 e. The van der Waals surface area contributed by atoms with Gasteiger partial charge in [0.2, 0.25) is 11.8 Å². The number of hydrogen-bond acceptors (Lipinski definition) is 19. The first kappa shape index (κ1) is 62.5. The maximum absolute atomic E-state index is 12.8. The Kier molecular flexibility index (Phi) is 27.1. The summed E-state index contributed by atoms with van der Waals surface area (Å²) in [7, 11) is -16.5. The molecule has 3 rings (SSSR count). The van der Waals surface area contributed by atoms with E-state index in [1.165, 1.54) is 13.8 Å². The lowest BCUT2D eigenvalue weighted by molar-refractivity contribution is -0.137. The normalized spacial score (nSPS) is 20.5. The van der Waals surface area contributed by atoms with Gasteiger partial charge in [0.1, 0.15) is 36.3 Å². The Morgan fingerprint density at radius 3 is 2.12 bits per heavy atom. The molecule has 0 saturated carbocycles. The molecule has 1 saturated heterocycles. The number of hydrogen-bond donors (Lipinski definition) is 10. The number of rotatable bonds is 34. The van der Waals surface area contributed by atoms with Crippen LogP contribution in [0.15, 0.2) is 73.4 Å². The summed E-state index contributed by atoms with van der Waals surface area (Å²) in [6, 6.07) is 0. The summed E-state index contributed by atoms with van der Waals surface area (Å²) < 4.78 is 62.4. The van der Waals surface area contributed by atoms with Gasteiger partial charge in [-0.15, -0.1) is 0 Å². The van der Waals surface area contributed by atoms with Crippen molar-refractivity contribution in [2.45, 2.75) is 122 Å². The molecule has 2 unspecified atom stereocenters. The average molecular weight is 1100 g/mol. The molecule has 404 valence electrons. The Bertz CT molecular complexity index is 2340. The molecule has 72 heavy (non-hydrogen) atoms. The van der Waals surface area contributed by atoms with Gasteiger partial charge in [-0.2, -0.15) is 4.31 Å². The molecule has 2 amide bonds. The van der Waals surface area contributed by atoms with E-state index in [1.54, 1.807) is 0 Å². The number of carbonyl (C=O) groups is 3. The number of unbranched alkanes of at least 4 members (excludes halogenated alkanes) is 1. The third kappa shape index (κ3) is 23.6. The van der Waals surface area contributed by atoms with E-state index in [-0.39, 0.29) is 53.8 Å². The molecule has 2 aromatic heterocycles. The number of amides is 2. The number of allylic oxidation sites excluding steroid dienone is 10. The van der Waals surface area contributed by atoms with Crippen LogP contribution in [-0.4, -0.2) is 134 Å². The van der Waals surface area contributed by atoms with Crippen LogP contribution in [0.4, 0.5) is 5.82 Å². The molecule has 29 heteroatoms. The van der Waals surface area contributed by atoms with E-state index in [0.29, 0.717) is 6.42 Å². The zero-order chi connectivity index (χ0) is 53.4. The quantitative estimate of drug-likeness (QED) is 0.0265. The second-order valence-corrected chi connectivity index (χ2v) is 22.2. The summed E-state index contributed by atoms with van der Waals surface area (Å²) in [5.74, 6) is -1.27. The minimum Gasteiger partial charge on any atom is -0.393 e. The summed E-state index contributed by atoms with van der Waals surface area (Å²) in [6.45, 7) is 2.46. The molecular formula is C43H68N7O18P3S. The Labute approximate surface area is 421 Å². The molecule has 0 aliphatic carbocycles. The van der Waals surface area contributed by atoms with Crippen molar-refractivity contribution < 1.29 is 85.6 Å². The second kappa shape index (κ2) is 31.2. The number of anilines is 1. The highest BCUT2D eigenvalue weighted by Gasteiger charge is 2.50. The van der Waals surface area contributed by atoms with Crippen molar-refractivity contribution in [2.75, 3.05) is 37.8 Å². The lowest BCUT2D eigenvalue weighted by Gasteiger charge is -2.30. The number of thioether (sulfide) groups is 1. The van der Waals surface area contributed by atoms with E-state index in [9.17, 15) is 63.0 Å². The van der Waals surface area contributed by atoms with Gasteiger partial charge in [-0.05, 0) is 51.4 Å². The Hall–Kier alpha value is -3.78. The first-order valence-corrected chi connectivity index (χ1v) is 28.4. The number of aliphatic hydroxyl groups is 3. The van der Waals surface area contributed by atoms with Crippen LogP contribution in [0.5, 0.6) is 0 Å². The number of imidazole rings is 1. The highest BCUT2D eigenvalue weighted by atomic mass is 32.2. The number of nitrogens with one attached hydrogen (secondary N) is 2. The van der Waals surface area contributed by atoms with Gasteiger partial charge in [-0.1, -0.05) is 93.3 Å². The molecule has 0 bridgehead atoms. The van der Waals surface area contributed by atoms with E-state index in [1.807, 2.05) is 0 Å². The van der Waals surface area contributed by atoms with Crippen LogP contribution in [0, 0.1) is 5.41 Å². The first-order chi connectivity index (χ1) is 33.9. The van der Waals surface area contributed by atoms with Crippen LogP contribution < -0.4 is 16.4 Å². The predicted molar refractivity (Wildman–Crippen MR) is 266 cm³/mol. The van der Waals surface area contributed by atoms with E-state index >= 15 is 0 Å². The maximum atomic E-state index is 12.8. The lowest BCUT2D eigenvalue weighted by Crippen LogP contribution is -2.46. The molecule has 25 nitrogen and oxygen atoms in total. The summed E-state index contributed by atoms with van der Waals surface area (Å²) in [5, 5.41) is 36.6. The molecular weight excluding hydrogens is 1030 g/mol. The van der Waals surface area contributed by atoms with Crippen molar-refractivity contribution in [1.82, 2.24) is 30.2 Å². The topological polar surface area (TPSA) is 384 Å². The maximum Gasteiger partial charge on any atom is 0.481 e. The number of aromatic nitrogens is 4. The van der Waals surface area contributed by atoms with Crippen LogP contribution in [0.3, 0.4) is 0 Å². The Morgan fingerprint density at radius 1 is 0.889 bits per heavy atom. The SMILES string of the molecule is CC/C=C\C/C=C\C/C=C\C/C=C\C/C=C\CCC[C@H](O)CC(=O)SCCNC(=O)CCNC(=O)[C@H](O)C(C)(C)COP(=O)(O)OP(=O)(O)OC[C@H]1O[C@@H](n2cnc3c(N)ncnc32)[C@H](O)[C@@H]1OP(=O)(O)O. The lowest BCUT2D eigenvalue weighted by atomic mass is 9.87. The number of nitrogens with two attached hydrogens (primary N) is 1. The van der Waals surface area contributed by atoms with Crippen LogP contribution in [0.2, 0.25) is 0 Å². The molecule has 3 heterocycles. The van der Waals surface area contributed by atoms with E-state index in [0.717, 1.165) is 73.9 Å². The highest BCUT2D eigenvalue weighted by molar-refractivity contribution is 8.13. The van der Waals surface area contributed by atoms with E-state index in [4.69, 9.17) is 19.5 Å².